The second kappa shape index (κ2) is 6.12. The van der Waals surface area contributed by atoms with Crippen LogP contribution in [0, 0.1) is 0 Å². The molecule has 0 aliphatic rings. The highest BCUT2D eigenvalue weighted by Gasteiger charge is 2.14. The Bertz CT molecular complexity index is 572. The fraction of sp³-hybridized carbons (Fsp3) is 0.308. The predicted octanol–water partition coefficient (Wildman–Crippen LogP) is 3.84. The average molecular weight is 299 g/mol. The predicted molar refractivity (Wildman–Crippen MR) is 79.3 cm³/mol. The Morgan fingerprint density at radius 3 is 2.37 bits per heavy atom. The highest BCUT2D eigenvalue weighted by molar-refractivity contribution is 7.13. The van der Waals surface area contributed by atoms with Gasteiger partial charge < -0.3 is 15.2 Å². The maximum Gasteiger partial charge on any atom is 0.180 e. The zero-order valence-corrected chi connectivity index (χ0v) is 12.3. The molecule has 1 heterocycles. The number of thiazole rings is 1. The monoisotopic (exact) mass is 298 g/mol. The topological polar surface area (TPSA) is 57.4 Å². The lowest BCUT2D eigenvalue weighted by Crippen LogP contribution is -1.99. The molecule has 0 atom stereocenters. The van der Waals surface area contributed by atoms with E-state index in [4.69, 9.17) is 26.8 Å². The van der Waals surface area contributed by atoms with Crippen LogP contribution in [0.1, 0.15) is 13.8 Å². The number of halogens is 1. The molecule has 0 fully saturated rings. The van der Waals surface area contributed by atoms with Gasteiger partial charge in [0.1, 0.15) is 0 Å². The first-order valence-corrected chi connectivity index (χ1v) is 7.22. The molecule has 2 N–H and O–H groups in total. The minimum atomic E-state index is 0.512. The molecule has 4 nitrogen and oxygen atoms in total. The van der Waals surface area contributed by atoms with Crippen molar-refractivity contribution in [2.75, 3.05) is 18.9 Å². The van der Waals surface area contributed by atoms with Gasteiger partial charge in [0.15, 0.2) is 16.6 Å². The summed E-state index contributed by atoms with van der Waals surface area (Å²) in [7, 11) is 0. The van der Waals surface area contributed by atoms with Crippen molar-refractivity contribution in [3.8, 4) is 22.8 Å². The van der Waals surface area contributed by atoms with Gasteiger partial charge >= 0.3 is 0 Å². The van der Waals surface area contributed by atoms with E-state index in [1.54, 1.807) is 6.07 Å². The van der Waals surface area contributed by atoms with Crippen LogP contribution in [0.4, 0.5) is 5.13 Å². The number of benzene rings is 1. The van der Waals surface area contributed by atoms with Gasteiger partial charge in [-0.3, -0.25) is 0 Å². The Balaban J connectivity index is 2.47. The highest BCUT2D eigenvalue weighted by Crippen LogP contribution is 2.39. The van der Waals surface area contributed by atoms with Crippen LogP contribution in [0.5, 0.6) is 11.5 Å². The lowest BCUT2D eigenvalue weighted by molar-refractivity contribution is 0.288. The third-order valence-electron chi connectivity index (χ3n) is 2.43. The smallest absolute Gasteiger partial charge is 0.180 e. The molecule has 0 bridgehead atoms. The van der Waals surface area contributed by atoms with Crippen LogP contribution in [0.2, 0.25) is 5.02 Å². The lowest BCUT2D eigenvalue weighted by atomic mass is 10.1. The first-order chi connectivity index (χ1) is 9.15. The van der Waals surface area contributed by atoms with Crippen LogP contribution >= 0.6 is 22.9 Å². The van der Waals surface area contributed by atoms with Crippen molar-refractivity contribution in [2.45, 2.75) is 13.8 Å². The third-order valence-corrected chi connectivity index (χ3v) is 3.42. The Morgan fingerprint density at radius 1 is 1.21 bits per heavy atom. The van der Waals surface area contributed by atoms with Gasteiger partial charge in [-0.05, 0) is 19.9 Å². The molecule has 1 aromatic heterocycles. The summed E-state index contributed by atoms with van der Waals surface area (Å²) >= 11 is 7.65. The summed E-state index contributed by atoms with van der Waals surface area (Å²) in [5.74, 6) is 1.30. The second-order valence-electron chi connectivity index (χ2n) is 3.72. The van der Waals surface area contributed by atoms with E-state index in [2.05, 4.69) is 4.98 Å². The summed E-state index contributed by atoms with van der Waals surface area (Å²) in [5, 5.41) is 2.95. The molecule has 6 heteroatoms. The molecule has 1 aromatic carbocycles. The van der Waals surface area contributed by atoms with E-state index in [9.17, 15) is 0 Å². The van der Waals surface area contributed by atoms with Gasteiger partial charge in [-0.15, -0.1) is 11.3 Å². The Labute approximate surface area is 121 Å². The molecule has 102 valence electrons. The Kier molecular flexibility index (Phi) is 4.50. The van der Waals surface area contributed by atoms with Crippen LogP contribution in [-0.4, -0.2) is 18.2 Å². The molecule has 2 aromatic rings. The minimum Gasteiger partial charge on any atom is -0.490 e. The molecular weight excluding hydrogens is 284 g/mol. The van der Waals surface area contributed by atoms with E-state index >= 15 is 0 Å². The maximum absolute atomic E-state index is 6.27. The molecular formula is C13H15ClN2O2S. The van der Waals surface area contributed by atoms with Crippen LogP contribution in [-0.2, 0) is 0 Å². The summed E-state index contributed by atoms with van der Waals surface area (Å²) in [6.07, 6.45) is 0. The number of hydrogen-bond donors (Lipinski definition) is 1. The van der Waals surface area contributed by atoms with Crippen molar-refractivity contribution in [2.24, 2.45) is 0 Å². The standard InChI is InChI=1S/C13H15ClN2O2S/c1-3-17-11-5-8(10-7-19-13(15)16-10)9(14)6-12(11)18-4-2/h5-7H,3-4H2,1-2H3,(H2,15,16). The fourth-order valence-electron chi connectivity index (χ4n) is 1.68. The first-order valence-electron chi connectivity index (χ1n) is 5.96. The summed E-state index contributed by atoms with van der Waals surface area (Å²) < 4.78 is 11.1. The van der Waals surface area contributed by atoms with Gasteiger partial charge in [0.05, 0.1) is 23.9 Å². The van der Waals surface area contributed by atoms with Gasteiger partial charge in [0.25, 0.3) is 0 Å². The van der Waals surface area contributed by atoms with E-state index < -0.39 is 0 Å². The van der Waals surface area contributed by atoms with Crippen LogP contribution in [0.15, 0.2) is 17.5 Å². The minimum absolute atomic E-state index is 0.512. The van der Waals surface area contributed by atoms with Crippen molar-refractivity contribution >= 4 is 28.1 Å². The molecule has 0 unspecified atom stereocenters. The molecule has 0 aliphatic heterocycles. The van der Waals surface area contributed by atoms with E-state index in [0.29, 0.717) is 34.9 Å². The largest absolute Gasteiger partial charge is 0.490 e. The molecule has 19 heavy (non-hydrogen) atoms. The van der Waals surface area contributed by atoms with Gasteiger partial charge in [0, 0.05) is 17.0 Å². The Morgan fingerprint density at radius 2 is 1.84 bits per heavy atom. The lowest BCUT2D eigenvalue weighted by Gasteiger charge is -2.13. The number of ether oxygens (including phenoxy) is 2. The quantitative estimate of drug-likeness (QED) is 0.911. The number of hydrogen-bond acceptors (Lipinski definition) is 5. The molecule has 0 saturated heterocycles. The SMILES string of the molecule is CCOc1cc(Cl)c(-c2csc(N)n2)cc1OCC. The van der Waals surface area contributed by atoms with E-state index in [1.165, 1.54) is 11.3 Å². The summed E-state index contributed by atoms with van der Waals surface area (Å²) in [6.45, 7) is 4.95. The highest BCUT2D eigenvalue weighted by atomic mass is 35.5. The zero-order chi connectivity index (χ0) is 13.8. The van der Waals surface area contributed by atoms with Gasteiger partial charge in [-0.1, -0.05) is 11.6 Å². The number of aromatic nitrogens is 1. The van der Waals surface area contributed by atoms with Crippen LogP contribution < -0.4 is 15.2 Å². The van der Waals surface area contributed by atoms with E-state index in [1.807, 2.05) is 25.3 Å². The average Bonchev–Trinajstić information content (AvgIpc) is 2.79. The van der Waals surface area contributed by atoms with Crippen molar-refractivity contribution in [1.82, 2.24) is 4.98 Å². The summed E-state index contributed by atoms with van der Waals surface area (Å²) in [6, 6.07) is 3.59. The molecule has 0 amide bonds. The van der Waals surface area contributed by atoms with Crippen LogP contribution in [0.25, 0.3) is 11.3 Å². The normalized spacial score (nSPS) is 10.5. The second-order valence-corrected chi connectivity index (χ2v) is 5.01. The maximum atomic E-state index is 6.27. The van der Waals surface area contributed by atoms with Gasteiger partial charge in [-0.25, -0.2) is 4.98 Å². The van der Waals surface area contributed by atoms with Crippen molar-refractivity contribution in [3.05, 3.63) is 22.5 Å². The molecule has 2 rings (SSSR count). The van der Waals surface area contributed by atoms with Gasteiger partial charge in [0.2, 0.25) is 0 Å². The van der Waals surface area contributed by atoms with Crippen molar-refractivity contribution in [3.63, 3.8) is 0 Å². The molecule has 0 spiro atoms. The van der Waals surface area contributed by atoms with E-state index in [-0.39, 0.29) is 0 Å². The van der Waals surface area contributed by atoms with Crippen molar-refractivity contribution in [1.29, 1.82) is 0 Å². The number of nitrogen functional groups attached to an aromatic ring is 1. The fourth-order valence-corrected chi connectivity index (χ4v) is 2.49. The molecule has 0 aliphatic carbocycles. The van der Waals surface area contributed by atoms with Crippen molar-refractivity contribution < 1.29 is 9.47 Å². The number of nitrogens with two attached hydrogens (primary N) is 1. The van der Waals surface area contributed by atoms with Crippen LogP contribution in [0.3, 0.4) is 0 Å². The molecule has 0 saturated carbocycles. The van der Waals surface area contributed by atoms with Gasteiger partial charge in [-0.2, -0.15) is 0 Å². The third kappa shape index (κ3) is 3.11. The first kappa shape index (κ1) is 14.0. The number of anilines is 1. The summed E-state index contributed by atoms with van der Waals surface area (Å²) in [4.78, 5) is 4.23. The molecule has 0 radical (unpaired) electrons. The number of rotatable bonds is 5. The number of nitrogens with zero attached hydrogens (tertiary/aromatic N) is 1. The van der Waals surface area contributed by atoms with E-state index in [0.717, 1.165) is 11.3 Å². The zero-order valence-electron chi connectivity index (χ0n) is 10.8. The summed E-state index contributed by atoms with van der Waals surface area (Å²) in [5.41, 5.74) is 7.19. The Hall–Kier alpha value is -1.46.